The molecule has 0 heterocycles. The van der Waals surface area contributed by atoms with Crippen LogP contribution in [0, 0.1) is 0 Å². The maximum absolute atomic E-state index is 12.9. The topological polar surface area (TPSA) is 108 Å². The van der Waals surface area contributed by atoms with Crippen LogP contribution in [-0.4, -0.2) is 68.5 Å². The molecule has 9 heteroatoms. The number of aliphatic hydroxyl groups is 1. The zero-order chi connectivity index (χ0) is 49.9. The third-order valence-corrected chi connectivity index (χ3v) is 14.3. The van der Waals surface area contributed by atoms with Crippen molar-refractivity contribution in [1.82, 2.24) is 5.32 Å². The van der Waals surface area contributed by atoms with Crippen molar-refractivity contribution >= 4 is 13.7 Å². The lowest BCUT2D eigenvalue weighted by molar-refractivity contribution is -0.870. The average molecular weight is 980 g/mol. The number of hydrogen-bond acceptors (Lipinski definition) is 6. The standard InChI is InChI=1S/C59H115N2O6P/c1-6-8-10-12-14-16-18-20-22-23-24-25-26-27-28-29-30-31-32-33-34-35-36-37-39-41-43-45-47-49-51-53-59(63)60-57(56-67-68(64,65)66-55-54-61(3,4)5)58(62)52-50-48-46-44-42-40-38-21-19-17-15-13-11-9-7-2/h27-28,42,44,50,52,57-58,62H,6-26,29-41,43,45-49,51,53-56H2,1-5H3,(H-,60,63,64,65)/b28-27-,44-42+,52-50+. The largest absolute Gasteiger partial charge is 0.756 e. The normalized spacial score (nSPS) is 14.2. The highest BCUT2D eigenvalue weighted by Crippen LogP contribution is 2.38. The second-order valence-electron chi connectivity index (χ2n) is 21.3. The second kappa shape index (κ2) is 50.7. The van der Waals surface area contributed by atoms with Gasteiger partial charge in [0.15, 0.2) is 0 Å². The van der Waals surface area contributed by atoms with E-state index in [2.05, 4.69) is 43.5 Å². The molecule has 1 amide bonds. The number of allylic oxidation sites excluding steroid dienone is 5. The Hall–Kier alpha value is -1.28. The summed E-state index contributed by atoms with van der Waals surface area (Å²) >= 11 is 0. The minimum absolute atomic E-state index is 0.00529. The van der Waals surface area contributed by atoms with Gasteiger partial charge >= 0.3 is 0 Å². The molecule has 0 aliphatic rings. The van der Waals surface area contributed by atoms with E-state index in [0.29, 0.717) is 17.4 Å². The maximum Gasteiger partial charge on any atom is 0.268 e. The predicted octanol–water partition coefficient (Wildman–Crippen LogP) is 17.1. The van der Waals surface area contributed by atoms with E-state index < -0.39 is 26.6 Å². The fraction of sp³-hybridized carbons (Fsp3) is 0.881. The van der Waals surface area contributed by atoms with Crippen LogP contribution in [0.5, 0.6) is 0 Å². The van der Waals surface area contributed by atoms with E-state index in [1.165, 1.54) is 225 Å². The maximum atomic E-state index is 12.9. The number of aliphatic hydroxyl groups excluding tert-OH is 1. The third-order valence-electron chi connectivity index (χ3n) is 13.3. The van der Waals surface area contributed by atoms with Crippen molar-refractivity contribution in [2.24, 2.45) is 0 Å². The highest BCUT2D eigenvalue weighted by molar-refractivity contribution is 7.45. The monoisotopic (exact) mass is 979 g/mol. The molecule has 0 saturated carbocycles. The van der Waals surface area contributed by atoms with E-state index in [1.54, 1.807) is 6.08 Å². The zero-order valence-corrected chi connectivity index (χ0v) is 46.7. The van der Waals surface area contributed by atoms with Crippen LogP contribution < -0.4 is 10.2 Å². The summed E-state index contributed by atoms with van der Waals surface area (Å²) in [6.45, 7) is 4.65. The number of rotatable bonds is 54. The number of amides is 1. The summed E-state index contributed by atoms with van der Waals surface area (Å²) in [5.41, 5.74) is 0. The van der Waals surface area contributed by atoms with E-state index in [0.717, 1.165) is 38.5 Å². The first-order valence-corrected chi connectivity index (χ1v) is 30.8. The Morgan fingerprint density at radius 2 is 0.824 bits per heavy atom. The Morgan fingerprint density at radius 3 is 1.19 bits per heavy atom. The van der Waals surface area contributed by atoms with Gasteiger partial charge in [0.05, 0.1) is 39.9 Å². The molecule has 0 aliphatic carbocycles. The molecular formula is C59H115N2O6P. The van der Waals surface area contributed by atoms with Gasteiger partial charge in [-0.2, -0.15) is 0 Å². The number of carbonyl (C=O) groups excluding carboxylic acids is 1. The van der Waals surface area contributed by atoms with Crippen LogP contribution in [0.25, 0.3) is 0 Å². The van der Waals surface area contributed by atoms with Gasteiger partial charge in [-0.1, -0.05) is 256 Å². The van der Waals surface area contributed by atoms with Gasteiger partial charge in [0.2, 0.25) is 5.91 Å². The van der Waals surface area contributed by atoms with Crippen molar-refractivity contribution in [3.05, 3.63) is 36.5 Å². The third kappa shape index (κ3) is 52.5. The van der Waals surface area contributed by atoms with Gasteiger partial charge in [-0.25, -0.2) is 0 Å². The summed E-state index contributed by atoms with van der Waals surface area (Å²) in [4.78, 5) is 25.5. The second-order valence-corrected chi connectivity index (χ2v) is 22.8. The fourth-order valence-electron chi connectivity index (χ4n) is 8.70. The number of nitrogens with one attached hydrogen (secondary N) is 1. The lowest BCUT2D eigenvalue weighted by Gasteiger charge is -2.29. The summed E-state index contributed by atoms with van der Waals surface area (Å²) in [5, 5.41) is 13.8. The van der Waals surface area contributed by atoms with Crippen molar-refractivity contribution in [3.8, 4) is 0 Å². The Morgan fingerprint density at radius 1 is 0.500 bits per heavy atom. The van der Waals surface area contributed by atoms with E-state index in [4.69, 9.17) is 9.05 Å². The molecule has 0 saturated heterocycles. The lowest BCUT2D eigenvalue weighted by Crippen LogP contribution is -2.45. The average Bonchev–Trinajstić information content (AvgIpc) is 3.30. The molecule has 68 heavy (non-hydrogen) atoms. The van der Waals surface area contributed by atoms with Gasteiger partial charge in [-0.3, -0.25) is 9.36 Å². The van der Waals surface area contributed by atoms with Crippen molar-refractivity contribution in [3.63, 3.8) is 0 Å². The van der Waals surface area contributed by atoms with E-state index >= 15 is 0 Å². The molecule has 0 radical (unpaired) electrons. The van der Waals surface area contributed by atoms with E-state index in [-0.39, 0.29) is 12.5 Å². The Bertz CT molecular complexity index is 1200. The number of phosphoric ester groups is 1. The molecule has 3 unspecified atom stereocenters. The van der Waals surface area contributed by atoms with E-state index in [9.17, 15) is 19.4 Å². The van der Waals surface area contributed by atoms with Crippen LogP contribution in [0.4, 0.5) is 0 Å². The van der Waals surface area contributed by atoms with Gasteiger partial charge in [0.25, 0.3) is 7.82 Å². The van der Waals surface area contributed by atoms with Crippen LogP contribution >= 0.6 is 7.82 Å². The smallest absolute Gasteiger partial charge is 0.268 e. The molecular weight excluding hydrogens is 864 g/mol. The van der Waals surface area contributed by atoms with Gasteiger partial charge in [-0.15, -0.1) is 0 Å². The van der Waals surface area contributed by atoms with Crippen molar-refractivity contribution < 1.29 is 32.9 Å². The number of carbonyl (C=O) groups is 1. The van der Waals surface area contributed by atoms with Crippen LogP contribution in [-0.2, 0) is 18.4 Å². The summed E-state index contributed by atoms with van der Waals surface area (Å²) in [5.74, 6) is -0.204. The molecule has 3 atom stereocenters. The molecule has 0 bridgehead atoms. The zero-order valence-electron chi connectivity index (χ0n) is 45.8. The minimum atomic E-state index is -4.60. The number of phosphoric acid groups is 1. The first kappa shape index (κ1) is 66.7. The van der Waals surface area contributed by atoms with Crippen molar-refractivity contribution in [2.45, 2.75) is 296 Å². The number of unbranched alkanes of at least 4 members (excludes halogenated alkanes) is 37. The van der Waals surface area contributed by atoms with Crippen LogP contribution in [0.15, 0.2) is 36.5 Å². The minimum Gasteiger partial charge on any atom is -0.756 e. The Labute approximate surface area is 423 Å². The van der Waals surface area contributed by atoms with Crippen LogP contribution in [0.2, 0.25) is 0 Å². The van der Waals surface area contributed by atoms with Gasteiger partial charge in [-0.05, 0) is 57.8 Å². The van der Waals surface area contributed by atoms with Gasteiger partial charge < -0.3 is 28.8 Å². The van der Waals surface area contributed by atoms with E-state index in [1.807, 2.05) is 27.2 Å². The predicted molar refractivity (Wildman–Crippen MR) is 293 cm³/mol. The van der Waals surface area contributed by atoms with Crippen molar-refractivity contribution in [2.75, 3.05) is 40.9 Å². The SMILES string of the molecule is CCCCCCCCCCC/C=C/CC/C=C/C(O)C(COP(=O)([O-])OCC[N+](C)(C)C)NC(=O)CCCCCCCCCCCCCCCCC/C=C\CCCCCCCCCCCCCC. The fourth-order valence-corrected chi connectivity index (χ4v) is 9.42. The molecule has 0 fully saturated rings. The first-order valence-electron chi connectivity index (χ1n) is 29.4. The molecule has 0 aromatic carbocycles. The molecule has 0 rings (SSSR count). The molecule has 0 aromatic rings. The number of likely N-dealkylation sites (N-methyl/N-ethyl adjacent to an activating group) is 1. The summed E-state index contributed by atoms with van der Waals surface area (Å²) in [6.07, 6.45) is 65.2. The number of nitrogens with zero attached hydrogens (tertiary/aromatic N) is 1. The summed E-state index contributed by atoms with van der Waals surface area (Å²) < 4.78 is 23.3. The number of hydrogen-bond donors (Lipinski definition) is 2. The molecule has 2 N–H and O–H groups in total. The number of quaternary nitrogens is 1. The molecule has 0 aliphatic heterocycles. The Balaban J connectivity index is 4.08. The quantitative estimate of drug-likeness (QED) is 0.0272. The highest BCUT2D eigenvalue weighted by atomic mass is 31.2. The van der Waals surface area contributed by atoms with Gasteiger partial charge in [0, 0.05) is 6.42 Å². The molecule has 8 nitrogen and oxygen atoms in total. The molecule has 0 spiro atoms. The van der Waals surface area contributed by atoms with Crippen molar-refractivity contribution in [1.29, 1.82) is 0 Å². The van der Waals surface area contributed by atoms with Gasteiger partial charge in [0.1, 0.15) is 13.2 Å². The van der Waals surface area contributed by atoms with Crippen LogP contribution in [0.1, 0.15) is 284 Å². The summed E-state index contributed by atoms with van der Waals surface area (Å²) in [7, 11) is 1.25. The lowest BCUT2D eigenvalue weighted by atomic mass is 10.0. The molecule has 0 aromatic heterocycles. The highest BCUT2D eigenvalue weighted by Gasteiger charge is 2.23. The molecule has 402 valence electrons. The summed E-state index contributed by atoms with van der Waals surface area (Å²) in [6, 6.07) is -0.902. The Kier molecular flexibility index (Phi) is 49.7. The first-order chi connectivity index (χ1) is 33.0. The van der Waals surface area contributed by atoms with Crippen LogP contribution in [0.3, 0.4) is 0 Å².